The van der Waals surface area contributed by atoms with Gasteiger partial charge in [0, 0.05) is 0 Å². The van der Waals surface area contributed by atoms with Gasteiger partial charge in [-0.15, -0.1) is 0 Å². The molecule has 0 spiro atoms. The monoisotopic (exact) mass is 246 g/mol. The van der Waals surface area contributed by atoms with Crippen molar-refractivity contribution in [1.29, 1.82) is 0 Å². The Morgan fingerprint density at radius 2 is 1.50 bits per heavy atom. The van der Waals surface area contributed by atoms with Gasteiger partial charge in [-0.2, -0.15) is 0 Å². The zero-order chi connectivity index (χ0) is 14.5. The molecule has 0 N–H and O–H groups in total. The SMILES string of the molecule is C=C/C=C(\C(=C/C(=C)C(C)C)C(C)C)C(C)(C)C. The van der Waals surface area contributed by atoms with E-state index >= 15 is 0 Å². The molecule has 0 aliphatic heterocycles. The first-order valence-corrected chi connectivity index (χ1v) is 6.85. The average Bonchev–Trinajstić information content (AvgIpc) is 2.20. The van der Waals surface area contributed by atoms with E-state index in [0.29, 0.717) is 11.8 Å². The summed E-state index contributed by atoms with van der Waals surface area (Å²) < 4.78 is 0. The molecule has 102 valence electrons. The molecule has 18 heavy (non-hydrogen) atoms. The number of rotatable bonds is 5. The van der Waals surface area contributed by atoms with E-state index in [0.717, 1.165) is 0 Å². The highest BCUT2D eigenvalue weighted by atomic mass is 14.3. The van der Waals surface area contributed by atoms with E-state index in [1.54, 1.807) is 0 Å². The highest BCUT2D eigenvalue weighted by Gasteiger charge is 2.22. The van der Waals surface area contributed by atoms with Crippen molar-refractivity contribution in [3.05, 3.63) is 48.1 Å². The highest BCUT2D eigenvalue weighted by Crippen LogP contribution is 2.36. The molecule has 0 unspecified atom stereocenters. The van der Waals surface area contributed by atoms with Gasteiger partial charge in [-0.1, -0.05) is 85.4 Å². The summed E-state index contributed by atoms with van der Waals surface area (Å²) in [4.78, 5) is 0. The molecule has 0 fully saturated rings. The Morgan fingerprint density at radius 3 is 1.78 bits per heavy atom. The molecule has 0 heterocycles. The minimum absolute atomic E-state index is 0.127. The summed E-state index contributed by atoms with van der Waals surface area (Å²) in [5, 5.41) is 0. The average molecular weight is 246 g/mol. The summed E-state index contributed by atoms with van der Waals surface area (Å²) in [7, 11) is 0. The van der Waals surface area contributed by atoms with E-state index in [-0.39, 0.29) is 5.41 Å². The zero-order valence-electron chi connectivity index (χ0n) is 13.3. The lowest BCUT2D eigenvalue weighted by Gasteiger charge is -2.28. The lowest BCUT2D eigenvalue weighted by Crippen LogP contribution is -2.15. The van der Waals surface area contributed by atoms with Crippen LogP contribution >= 0.6 is 0 Å². The van der Waals surface area contributed by atoms with Crippen LogP contribution < -0.4 is 0 Å². The van der Waals surface area contributed by atoms with Gasteiger partial charge in [0.2, 0.25) is 0 Å². The molecule has 0 aromatic carbocycles. The minimum Gasteiger partial charge on any atom is -0.0991 e. The van der Waals surface area contributed by atoms with Crippen molar-refractivity contribution in [2.45, 2.75) is 48.5 Å². The summed E-state index contributed by atoms with van der Waals surface area (Å²) >= 11 is 0. The van der Waals surface area contributed by atoms with E-state index < -0.39 is 0 Å². The Morgan fingerprint density at radius 1 is 1.00 bits per heavy atom. The molecular weight excluding hydrogens is 216 g/mol. The molecule has 0 rings (SSSR count). The normalized spacial score (nSPS) is 14.3. The molecule has 0 nitrogen and oxygen atoms in total. The highest BCUT2D eigenvalue weighted by molar-refractivity contribution is 5.42. The third-order valence-corrected chi connectivity index (χ3v) is 3.11. The first-order chi connectivity index (χ1) is 8.11. The van der Waals surface area contributed by atoms with Gasteiger partial charge in [0.15, 0.2) is 0 Å². The summed E-state index contributed by atoms with van der Waals surface area (Å²) in [6, 6.07) is 0. The first kappa shape index (κ1) is 17.0. The largest absolute Gasteiger partial charge is 0.0991 e. The van der Waals surface area contributed by atoms with E-state index in [1.165, 1.54) is 16.7 Å². The summed E-state index contributed by atoms with van der Waals surface area (Å²) in [6.45, 7) is 23.6. The molecule has 0 saturated carbocycles. The van der Waals surface area contributed by atoms with Crippen LogP contribution in [0.25, 0.3) is 0 Å². The smallest absolute Gasteiger partial charge is 0.0129 e. The quantitative estimate of drug-likeness (QED) is 0.527. The predicted molar refractivity (Wildman–Crippen MR) is 84.6 cm³/mol. The van der Waals surface area contributed by atoms with Crippen molar-refractivity contribution in [3.8, 4) is 0 Å². The van der Waals surface area contributed by atoms with Crippen LogP contribution in [0.1, 0.15) is 48.5 Å². The molecule has 0 amide bonds. The molecule has 0 saturated heterocycles. The van der Waals surface area contributed by atoms with Crippen LogP contribution in [-0.4, -0.2) is 0 Å². The molecule has 0 aliphatic carbocycles. The number of hydrogen-bond acceptors (Lipinski definition) is 0. The van der Waals surface area contributed by atoms with Crippen molar-refractivity contribution in [3.63, 3.8) is 0 Å². The third kappa shape index (κ3) is 5.08. The number of hydrogen-bond donors (Lipinski definition) is 0. The lowest BCUT2D eigenvalue weighted by molar-refractivity contribution is 0.497. The van der Waals surface area contributed by atoms with Gasteiger partial charge in [-0.25, -0.2) is 0 Å². The van der Waals surface area contributed by atoms with Gasteiger partial charge in [0.05, 0.1) is 0 Å². The second-order valence-electron chi connectivity index (χ2n) is 6.55. The Hall–Kier alpha value is -1.04. The van der Waals surface area contributed by atoms with Crippen LogP contribution in [0.5, 0.6) is 0 Å². The van der Waals surface area contributed by atoms with E-state index in [9.17, 15) is 0 Å². The zero-order valence-corrected chi connectivity index (χ0v) is 13.3. The Balaban J connectivity index is 5.67. The Kier molecular flexibility index (Phi) is 6.38. The fourth-order valence-electron chi connectivity index (χ4n) is 1.82. The minimum atomic E-state index is 0.127. The van der Waals surface area contributed by atoms with Gasteiger partial charge < -0.3 is 0 Å². The van der Waals surface area contributed by atoms with Crippen molar-refractivity contribution in [1.82, 2.24) is 0 Å². The van der Waals surface area contributed by atoms with Gasteiger partial charge in [-0.05, 0) is 28.4 Å². The second-order valence-corrected chi connectivity index (χ2v) is 6.55. The van der Waals surface area contributed by atoms with Gasteiger partial charge in [0.1, 0.15) is 0 Å². The second kappa shape index (κ2) is 6.78. The Bertz CT molecular complexity index is 354. The molecular formula is C18H30. The van der Waals surface area contributed by atoms with Crippen molar-refractivity contribution >= 4 is 0 Å². The fraction of sp³-hybridized carbons (Fsp3) is 0.556. The predicted octanol–water partition coefficient (Wildman–Crippen LogP) is 5.94. The topological polar surface area (TPSA) is 0 Å². The summed E-state index contributed by atoms with van der Waals surface area (Å²) in [5.74, 6) is 0.981. The van der Waals surface area contributed by atoms with E-state index in [1.807, 2.05) is 6.08 Å². The summed E-state index contributed by atoms with van der Waals surface area (Å²) in [5.41, 5.74) is 4.05. The van der Waals surface area contributed by atoms with E-state index in [2.05, 4.69) is 73.8 Å². The Labute approximate surface area is 114 Å². The molecule has 0 aromatic rings. The van der Waals surface area contributed by atoms with Gasteiger partial charge in [0.25, 0.3) is 0 Å². The van der Waals surface area contributed by atoms with Crippen molar-refractivity contribution < 1.29 is 0 Å². The molecule has 0 aliphatic rings. The van der Waals surface area contributed by atoms with Crippen LogP contribution in [0.15, 0.2) is 48.1 Å². The fourth-order valence-corrected chi connectivity index (χ4v) is 1.82. The van der Waals surface area contributed by atoms with Crippen LogP contribution in [0.3, 0.4) is 0 Å². The molecule has 0 aromatic heterocycles. The van der Waals surface area contributed by atoms with Crippen LogP contribution in [-0.2, 0) is 0 Å². The standard InChI is InChI=1S/C18H30/c1-10-11-17(18(7,8)9)16(14(4)5)12-15(6)13(2)3/h10-14H,1,6H2,2-5,7-9H3/b16-12-,17-11+. The van der Waals surface area contributed by atoms with Crippen LogP contribution in [0.4, 0.5) is 0 Å². The summed E-state index contributed by atoms with van der Waals surface area (Å²) in [6.07, 6.45) is 6.28. The lowest BCUT2D eigenvalue weighted by atomic mass is 9.77. The molecule has 0 heteroatoms. The maximum absolute atomic E-state index is 4.17. The maximum atomic E-state index is 4.17. The van der Waals surface area contributed by atoms with Gasteiger partial charge in [-0.3, -0.25) is 0 Å². The maximum Gasteiger partial charge on any atom is -0.0129 e. The number of allylic oxidation sites excluding steroid dienone is 6. The van der Waals surface area contributed by atoms with Crippen molar-refractivity contribution in [2.24, 2.45) is 17.3 Å². The first-order valence-electron chi connectivity index (χ1n) is 6.85. The molecule has 0 bridgehead atoms. The van der Waals surface area contributed by atoms with Crippen LogP contribution in [0.2, 0.25) is 0 Å². The molecule has 0 radical (unpaired) electrons. The van der Waals surface area contributed by atoms with Gasteiger partial charge >= 0.3 is 0 Å². The van der Waals surface area contributed by atoms with Crippen LogP contribution in [0, 0.1) is 17.3 Å². The van der Waals surface area contributed by atoms with E-state index in [4.69, 9.17) is 0 Å². The van der Waals surface area contributed by atoms with Crippen molar-refractivity contribution in [2.75, 3.05) is 0 Å². The molecule has 0 atom stereocenters. The third-order valence-electron chi connectivity index (χ3n) is 3.11.